The van der Waals surface area contributed by atoms with Gasteiger partial charge in [-0.1, -0.05) is 55.3 Å². The Kier molecular flexibility index (Phi) is 6.44. The lowest BCUT2D eigenvalue weighted by Crippen LogP contribution is -2.73. The molecule has 2 aliphatic carbocycles. The number of hydrogen-bond acceptors (Lipinski definition) is 6. The molecule has 5 atom stereocenters. The maximum Gasteiger partial charge on any atom is 0.355 e. The Hall–Kier alpha value is -3.26. The fraction of sp³-hybridized carbons (Fsp3) is 0.414. The van der Waals surface area contributed by atoms with E-state index in [2.05, 4.69) is 5.32 Å². The first-order valence-corrected chi connectivity index (χ1v) is 13.9. The molecule has 0 aromatic heterocycles. The molecule has 192 valence electrons. The van der Waals surface area contributed by atoms with Gasteiger partial charge >= 0.3 is 5.97 Å². The average Bonchev–Trinajstić information content (AvgIpc) is 2.93. The number of nitrogens with one attached hydrogen (secondary N) is 1. The maximum atomic E-state index is 13.5. The molecule has 2 heterocycles. The number of thioether (sulfide) groups is 1. The van der Waals surface area contributed by atoms with Gasteiger partial charge in [0.15, 0.2) is 0 Å². The lowest BCUT2D eigenvalue weighted by molar-refractivity contribution is -0.154. The Balaban J connectivity index is 1.20. The molecule has 3 fully saturated rings. The van der Waals surface area contributed by atoms with Crippen molar-refractivity contribution in [2.24, 2.45) is 11.8 Å². The number of nitrogens with zero attached hydrogens (tertiary/aromatic N) is 1. The fourth-order valence-electron chi connectivity index (χ4n) is 6.14. The molecule has 2 saturated carbocycles. The Morgan fingerprint density at radius 2 is 1.78 bits per heavy atom. The minimum Gasteiger partial charge on any atom is -0.497 e. The third kappa shape index (κ3) is 4.31. The van der Waals surface area contributed by atoms with E-state index in [1.807, 2.05) is 54.6 Å². The van der Waals surface area contributed by atoms with Crippen LogP contribution in [-0.4, -0.2) is 46.5 Å². The molecule has 8 heteroatoms. The number of fused-ring (bicyclic) bond motifs is 5. The first kappa shape index (κ1) is 24.1. The molecule has 0 bridgehead atoms. The first-order valence-electron chi connectivity index (χ1n) is 12.9. The second-order valence-corrected chi connectivity index (χ2v) is 11.4. The van der Waals surface area contributed by atoms with Crippen LogP contribution in [0.2, 0.25) is 0 Å². The van der Waals surface area contributed by atoms with Crippen LogP contribution in [0.5, 0.6) is 5.75 Å². The molecular formula is C29H30N2O5S. The maximum absolute atomic E-state index is 13.5. The number of amides is 2. The van der Waals surface area contributed by atoms with Crippen molar-refractivity contribution < 1.29 is 23.9 Å². The van der Waals surface area contributed by atoms with Crippen LogP contribution in [0.1, 0.15) is 36.8 Å². The van der Waals surface area contributed by atoms with Crippen molar-refractivity contribution in [2.75, 3.05) is 7.11 Å². The van der Waals surface area contributed by atoms with Crippen molar-refractivity contribution in [3.05, 3.63) is 77.0 Å². The number of benzene rings is 2. The third-order valence-electron chi connectivity index (χ3n) is 8.00. The van der Waals surface area contributed by atoms with E-state index in [4.69, 9.17) is 9.47 Å². The summed E-state index contributed by atoms with van der Waals surface area (Å²) in [7, 11) is 1.61. The van der Waals surface area contributed by atoms with Crippen LogP contribution in [-0.2, 0) is 32.1 Å². The highest BCUT2D eigenvalue weighted by molar-refractivity contribution is 8.01. The van der Waals surface area contributed by atoms with Gasteiger partial charge in [-0.15, -0.1) is 11.8 Å². The molecule has 1 N–H and O–H groups in total. The highest BCUT2D eigenvalue weighted by Crippen LogP contribution is 2.61. The van der Waals surface area contributed by atoms with Crippen molar-refractivity contribution in [1.82, 2.24) is 10.2 Å². The zero-order chi connectivity index (χ0) is 25.5. The predicted octanol–water partition coefficient (Wildman–Crippen LogP) is 3.82. The molecule has 2 aliphatic heterocycles. The first-order chi connectivity index (χ1) is 18.0. The van der Waals surface area contributed by atoms with Gasteiger partial charge in [-0.05, 0) is 53.5 Å². The van der Waals surface area contributed by atoms with Gasteiger partial charge in [0.05, 0.1) is 13.5 Å². The number of carbonyl (C=O) groups is 3. The highest BCUT2D eigenvalue weighted by Gasteiger charge is 2.62. The number of esters is 1. The van der Waals surface area contributed by atoms with Crippen LogP contribution in [0.15, 0.2) is 65.9 Å². The molecule has 6 rings (SSSR count). The second kappa shape index (κ2) is 9.89. The zero-order valence-electron chi connectivity index (χ0n) is 20.7. The number of methoxy groups -OCH3 is 1. The highest BCUT2D eigenvalue weighted by atomic mass is 32.2. The molecule has 0 unspecified atom stereocenters. The van der Waals surface area contributed by atoms with Crippen LogP contribution in [0, 0.1) is 11.8 Å². The summed E-state index contributed by atoms with van der Waals surface area (Å²) in [6.45, 7) is 0.120. The van der Waals surface area contributed by atoms with E-state index in [-0.39, 0.29) is 35.5 Å². The third-order valence-corrected chi connectivity index (χ3v) is 9.66. The summed E-state index contributed by atoms with van der Waals surface area (Å²) in [4.78, 5) is 41.1. The lowest BCUT2D eigenvalue weighted by atomic mass is 9.60. The normalized spacial score (nSPS) is 27.6. The molecule has 0 spiro atoms. The zero-order valence-corrected chi connectivity index (χ0v) is 21.5. The molecule has 37 heavy (non-hydrogen) atoms. The van der Waals surface area contributed by atoms with E-state index in [0.717, 1.165) is 41.7 Å². The number of β-lactam (4-membered cyclic amide) rings is 1. The molecule has 2 amide bonds. The largest absolute Gasteiger partial charge is 0.497 e. The summed E-state index contributed by atoms with van der Waals surface area (Å²) in [6, 6.07) is 16.2. The van der Waals surface area contributed by atoms with Crippen molar-refractivity contribution in [1.29, 1.82) is 0 Å². The van der Waals surface area contributed by atoms with Crippen LogP contribution in [0.25, 0.3) is 0 Å². The molecule has 1 saturated heterocycles. The molecule has 7 nitrogen and oxygen atoms in total. The predicted molar refractivity (Wildman–Crippen MR) is 139 cm³/mol. The van der Waals surface area contributed by atoms with Gasteiger partial charge in [0.1, 0.15) is 29.5 Å². The second-order valence-electron chi connectivity index (χ2n) is 10.1. The minimum absolute atomic E-state index is 0.120. The van der Waals surface area contributed by atoms with Gasteiger partial charge < -0.3 is 14.8 Å². The lowest BCUT2D eigenvalue weighted by Gasteiger charge is -2.60. The van der Waals surface area contributed by atoms with E-state index in [0.29, 0.717) is 17.5 Å². The summed E-state index contributed by atoms with van der Waals surface area (Å²) in [6.07, 6.45) is 4.76. The molecule has 2 aromatic rings. The van der Waals surface area contributed by atoms with Gasteiger partial charge in [-0.25, -0.2) is 4.79 Å². The number of rotatable bonds is 7. The molecule has 4 aliphatic rings. The van der Waals surface area contributed by atoms with Crippen LogP contribution in [0.3, 0.4) is 0 Å². The minimum atomic E-state index is -0.630. The number of carbonyl (C=O) groups excluding carboxylic acids is 3. The standard InChI is InChI=1S/C29H30N2O5S/c1-35-19-13-11-18(12-14-19)16-36-29(34)25-23-20-9-5-6-10-21(20)26(23)37-28-24(27(33)31(25)28)30-22(32)15-17-7-3-2-4-8-17/h2-4,7-8,11-14,20-21,24,26,28H,5-6,9-10,15-16H2,1H3,(H,30,32)/t20-,21+,24+,26-,28+/m0/s1. The summed E-state index contributed by atoms with van der Waals surface area (Å²) < 4.78 is 10.9. The van der Waals surface area contributed by atoms with Crippen LogP contribution in [0.4, 0.5) is 0 Å². The fourth-order valence-corrected chi connectivity index (χ4v) is 8.07. The smallest absolute Gasteiger partial charge is 0.355 e. The topological polar surface area (TPSA) is 84.9 Å². The van der Waals surface area contributed by atoms with Gasteiger partial charge in [-0.2, -0.15) is 0 Å². The Bertz CT molecular complexity index is 1240. The molecule has 0 radical (unpaired) electrons. The van der Waals surface area contributed by atoms with Gasteiger partial charge in [0, 0.05) is 5.25 Å². The Morgan fingerprint density at radius 3 is 2.54 bits per heavy atom. The van der Waals surface area contributed by atoms with Crippen molar-refractivity contribution >= 4 is 29.5 Å². The SMILES string of the molecule is COc1ccc(COC(=O)C2=C3[C@H]4CCCC[C@H]4[C@@H]3S[C@@H]3[C@H](NC(=O)Cc4ccccc4)C(=O)N23)cc1. The summed E-state index contributed by atoms with van der Waals surface area (Å²) >= 11 is 1.73. The summed E-state index contributed by atoms with van der Waals surface area (Å²) in [5.74, 6) is 0.728. The number of hydrogen-bond donors (Lipinski definition) is 1. The molecular weight excluding hydrogens is 488 g/mol. The van der Waals surface area contributed by atoms with E-state index in [1.165, 1.54) is 6.42 Å². The summed E-state index contributed by atoms with van der Waals surface area (Å²) in [5, 5.41) is 2.86. The average molecular weight is 519 g/mol. The van der Waals surface area contributed by atoms with E-state index in [1.54, 1.807) is 23.8 Å². The van der Waals surface area contributed by atoms with E-state index < -0.39 is 12.0 Å². The van der Waals surface area contributed by atoms with Gasteiger partial charge in [0.2, 0.25) is 5.91 Å². The van der Waals surface area contributed by atoms with E-state index >= 15 is 0 Å². The van der Waals surface area contributed by atoms with Crippen molar-refractivity contribution in [3.8, 4) is 5.75 Å². The van der Waals surface area contributed by atoms with Gasteiger partial charge in [-0.3, -0.25) is 14.5 Å². The Morgan fingerprint density at radius 1 is 1.03 bits per heavy atom. The monoisotopic (exact) mass is 518 g/mol. The quantitative estimate of drug-likeness (QED) is 0.443. The van der Waals surface area contributed by atoms with Crippen LogP contribution >= 0.6 is 11.8 Å². The van der Waals surface area contributed by atoms with Crippen LogP contribution < -0.4 is 10.1 Å². The van der Waals surface area contributed by atoms with Crippen molar-refractivity contribution in [2.45, 2.75) is 55.4 Å². The molecule has 2 aromatic carbocycles. The number of ether oxygens (including phenoxy) is 2. The van der Waals surface area contributed by atoms with Gasteiger partial charge in [0.25, 0.3) is 5.91 Å². The summed E-state index contributed by atoms with van der Waals surface area (Å²) in [5.41, 5.74) is 3.24. The Labute approximate surface area is 220 Å². The van der Waals surface area contributed by atoms with E-state index in [9.17, 15) is 14.4 Å². The van der Waals surface area contributed by atoms with Crippen molar-refractivity contribution in [3.63, 3.8) is 0 Å².